The van der Waals surface area contributed by atoms with E-state index in [1.54, 1.807) is 19.9 Å². The van der Waals surface area contributed by atoms with E-state index in [1.165, 1.54) is 6.08 Å². The Morgan fingerprint density at radius 1 is 1.29 bits per heavy atom. The van der Waals surface area contributed by atoms with Gasteiger partial charge in [0, 0.05) is 12.2 Å². The van der Waals surface area contributed by atoms with Crippen molar-refractivity contribution in [1.29, 1.82) is 0 Å². The Morgan fingerprint density at radius 2 is 1.90 bits per heavy atom. The van der Waals surface area contributed by atoms with Crippen LogP contribution in [0.25, 0.3) is 0 Å². The van der Waals surface area contributed by atoms with Crippen LogP contribution in [0.3, 0.4) is 0 Å². The molecule has 0 saturated heterocycles. The van der Waals surface area contributed by atoms with Crippen LogP contribution in [-0.4, -0.2) is 30.7 Å². The molecule has 0 aromatic heterocycles. The number of para-hydroxylation sites is 1. The Balaban J connectivity index is 2.55. The van der Waals surface area contributed by atoms with Gasteiger partial charge in [-0.2, -0.15) is 0 Å². The van der Waals surface area contributed by atoms with Gasteiger partial charge in [0.15, 0.2) is 5.85 Å². The standard InChI is InChI=1S/C15H24NO4P/c1-4-19-21(18,20-5-2)15(17)11-8-12-16-14-10-7-6-9-13(14)3/h6-11,15-17H,4-5,12H2,1-3H3/b11-8+. The number of aryl methyl sites for hydroxylation is 1. The zero-order valence-electron chi connectivity index (χ0n) is 12.8. The van der Waals surface area contributed by atoms with Crippen molar-refractivity contribution in [3.63, 3.8) is 0 Å². The second kappa shape index (κ2) is 9.00. The largest absolute Gasteiger partial charge is 0.381 e. The van der Waals surface area contributed by atoms with Crippen molar-refractivity contribution in [3.8, 4) is 0 Å². The molecule has 1 aromatic carbocycles. The number of aliphatic hydroxyl groups excluding tert-OH is 1. The summed E-state index contributed by atoms with van der Waals surface area (Å²) in [6.45, 7) is 6.40. The van der Waals surface area contributed by atoms with E-state index in [0.717, 1.165) is 11.3 Å². The predicted molar refractivity (Wildman–Crippen MR) is 85.7 cm³/mol. The van der Waals surface area contributed by atoms with E-state index in [4.69, 9.17) is 9.05 Å². The number of hydrogen-bond donors (Lipinski definition) is 2. The first-order valence-corrected chi connectivity index (χ1v) is 8.67. The molecule has 2 N–H and O–H groups in total. The molecule has 1 aromatic rings. The van der Waals surface area contributed by atoms with Gasteiger partial charge in [-0.1, -0.05) is 24.3 Å². The van der Waals surface area contributed by atoms with E-state index < -0.39 is 13.4 Å². The van der Waals surface area contributed by atoms with Crippen molar-refractivity contribution >= 4 is 13.3 Å². The van der Waals surface area contributed by atoms with Crippen molar-refractivity contribution in [3.05, 3.63) is 42.0 Å². The number of hydrogen-bond acceptors (Lipinski definition) is 5. The van der Waals surface area contributed by atoms with E-state index >= 15 is 0 Å². The maximum atomic E-state index is 12.3. The van der Waals surface area contributed by atoms with Gasteiger partial charge in [0.1, 0.15) is 0 Å². The molecular formula is C15H24NO4P. The molecular weight excluding hydrogens is 289 g/mol. The maximum absolute atomic E-state index is 12.3. The minimum atomic E-state index is -3.49. The summed E-state index contributed by atoms with van der Waals surface area (Å²) in [6, 6.07) is 7.91. The van der Waals surface area contributed by atoms with Crippen LogP contribution in [0, 0.1) is 6.92 Å². The van der Waals surface area contributed by atoms with E-state index in [1.807, 2.05) is 31.2 Å². The fourth-order valence-electron chi connectivity index (χ4n) is 1.79. The lowest BCUT2D eigenvalue weighted by Gasteiger charge is -2.19. The second-order valence-electron chi connectivity index (χ2n) is 4.41. The Labute approximate surface area is 126 Å². The lowest BCUT2D eigenvalue weighted by atomic mass is 10.2. The average Bonchev–Trinajstić information content (AvgIpc) is 2.45. The van der Waals surface area contributed by atoms with Gasteiger partial charge in [-0.3, -0.25) is 4.57 Å². The van der Waals surface area contributed by atoms with Crippen molar-refractivity contribution in [2.45, 2.75) is 26.6 Å². The third-order valence-electron chi connectivity index (χ3n) is 2.81. The van der Waals surface area contributed by atoms with Gasteiger partial charge < -0.3 is 19.5 Å². The highest BCUT2D eigenvalue weighted by Crippen LogP contribution is 2.52. The fourth-order valence-corrected chi connectivity index (χ4v) is 3.22. The minimum absolute atomic E-state index is 0.226. The highest BCUT2D eigenvalue weighted by Gasteiger charge is 2.31. The Bertz CT molecular complexity index is 494. The normalized spacial score (nSPS) is 13.5. The van der Waals surface area contributed by atoms with Crippen LogP contribution in [0.1, 0.15) is 19.4 Å². The molecule has 6 heteroatoms. The molecule has 5 nitrogen and oxygen atoms in total. The summed E-state index contributed by atoms with van der Waals surface area (Å²) in [6.07, 6.45) is 3.15. The van der Waals surface area contributed by atoms with Crippen LogP contribution < -0.4 is 5.32 Å². The summed E-state index contributed by atoms with van der Waals surface area (Å²) in [4.78, 5) is 0. The van der Waals surface area contributed by atoms with Gasteiger partial charge in [-0.25, -0.2) is 0 Å². The molecule has 21 heavy (non-hydrogen) atoms. The van der Waals surface area contributed by atoms with Crippen LogP contribution >= 0.6 is 7.60 Å². The summed E-state index contributed by atoms with van der Waals surface area (Å²) < 4.78 is 22.4. The number of anilines is 1. The first-order valence-electron chi connectivity index (χ1n) is 7.06. The van der Waals surface area contributed by atoms with Gasteiger partial charge in [0.05, 0.1) is 13.2 Å². The van der Waals surface area contributed by atoms with Gasteiger partial charge in [-0.15, -0.1) is 0 Å². The lowest BCUT2D eigenvalue weighted by molar-refractivity contribution is 0.168. The number of nitrogens with one attached hydrogen (secondary N) is 1. The van der Waals surface area contributed by atoms with Crippen LogP contribution in [0.5, 0.6) is 0 Å². The SMILES string of the molecule is CCOP(=O)(OCC)C(O)/C=C/CNc1ccccc1C. The molecule has 0 bridgehead atoms. The molecule has 0 amide bonds. The molecule has 1 rings (SSSR count). The average molecular weight is 313 g/mol. The van der Waals surface area contributed by atoms with Crippen LogP contribution in [0.4, 0.5) is 5.69 Å². The molecule has 0 fully saturated rings. The first kappa shape index (κ1) is 17.9. The number of benzene rings is 1. The minimum Gasteiger partial charge on any atom is -0.381 e. The number of rotatable bonds is 9. The van der Waals surface area contributed by atoms with E-state index in [9.17, 15) is 9.67 Å². The summed E-state index contributed by atoms with van der Waals surface area (Å²) in [5.74, 6) is -1.25. The quantitative estimate of drug-likeness (QED) is 0.539. The topological polar surface area (TPSA) is 67.8 Å². The summed E-state index contributed by atoms with van der Waals surface area (Å²) in [7, 11) is -3.49. The first-order chi connectivity index (χ1) is 10.0. The third-order valence-corrected chi connectivity index (χ3v) is 4.86. The van der Waals surface area contributed by atoms with Crippen LogP contribution in [-0.2, 0) is 13.6 Å². The lowest BCUT2D eigenvalue weighted by Crippen LogP contribution is -2.11. The summed E-state index contributed by atoms with van der Waals surface area (Å²) in [5.41, 5.74) is 2.16. The highest BCUT2D eigenvalue weighted by atomic mass is 31.2. The second-order valence-corrected chi connectivity index (χ2v) is 6.54. The van der Waals surface area contributed by atoms with Crippen molar-refractivity contribution < 1.29 is 18.7 Å². The molecule has 1 unspecified atom stereocenters. The number of aliphatic hydroxyl groups is 1. The van der Waals surface area contributed by atoms with Crippen molar-refractivity contribution in [2.75, 3.05) is 25.1 Å². The van der Waals surface area contributed by atoms with E-state index in [2.05, 4.69) is 5.32 Å². The van der Waals surface area contributed by atoms with Crippen LogP contribution in [0.15, 0.2) is 36.4 Å². The molecule has 0 aliphatic heterocycles. The predicted octanol–water partition coefficient (Wildman–Crippen LogP) is 3.55. The van der Waals surface area contributed by atoms with Crippen LogP contribution in [0.2, 0.25) is 0 Å². The van der Waals surface area contributed by atoms with Crippen molar-refractivity contribution in [1.82, 2.24) is 0 Å². The van der Waals surface area contributed by atoms with Gasteiger partial charge in [-0.05, 0) is 38.5 Å². The Hall–Kier alpha value is -1.13. The molecule has 0 heterocycles. The molecule has 0 aliphatic rings. The Kier molecular flexibility index (Phi) is 7.68. The van der Waals surface area contributed by atoms with Crippen molar-refractivity contribution in [2.24, 2.45) is 0 Å². The van der Waals surface area contributed by atoms with Gasteiger partial charge >= 0.3 is 7.60 Å². The van der Waals surface area contributed by atoms with Gasteiger partial charge in [0.2, 0.25) is 0 Å². The summed E-state index contributed by atoms with van der Waals surface area (Å²) >= 11 is 0. The molecule has 0 radical (unpaired) electrons. The molecule has 118 valence electrons. The monoisotopic (exact) mass is 313 g/mol. The van der Waals surface area contributed by atoms with E-state index in [0.29, 0.717) is 6.54 Å². The fraction of sp³-hybridized carbons (Fsp3) is 0.467. The van der Waals surface area contributed by atoms with E-state index in [-0.39, 0.29) is 13.2 Å². The maximum Gasteiger partial charge on any atom is 0.362 e. The zero-order valence-corrected chi connectivity index (χ0v) is 13.7. The smallest absolute Gasteiger partial charge is 0.362 e. The Morgan fingerprint density at radius 3 is 2.48 bits per heavy atom. The third kappa shape index (κ3) is 5.64. The molecule has 0 spiro atoms. The van der Waals surface area contributed by atoms with Gasteiger partial charge in [0.25, 0.3) is 0 Å². The highest BCUT2D eigenvalue weighted by molar-refractivity contribution is 7.54. The zero-order chi connectivity index (χ0) is 15.7. The molecule has 0 saturated carbocycles. The molecule has 0 aliphatic carbocycles. The summed E-state index contributed by atoms with van der Waals surface area (Å²) in [5, 5.41) is 13.2. The molecule has 1 atom stereocenters.